The molecule has 2 aromatic rings. The first-order chi connectivity index (χ1) is 10.4. The zero-order valence-electron chi connectivity index (χ0n) is 11.5. The number of aromatic nitrogens is 2. The van der Waals surface area contributed by atoms with E-state index >= 15 is 0 Å². The third-order valence-electron chi connectivity index (χ3n) is 2.92. The molecule has 22 heavy (non-hydrogen) atoms. The van der Waals surface area contributed by atoms with E-state index < -0.39 is 4.92 Å². The Balaban J connectivity index is 2.62. The van der Waals surface area contributed by atoms with Gasteiger partial charge in [0.25, 0.3) is 0 Å². The van der Waals surface area contributed by atoms with Gasteiger partial charge in [0.15, 0.2) is 0 Å². The van der Waals surface area contributed by atoms with E-state index in [1.165, 1.54) is 17.2 Å². The summed E-state index contributed by atoms with van der Waals surface area (Å²) in [4.78, 5) is 20.3. The number of aryl methyl sites for hydroxylation is 1. The van der Waals surface area contributed by atoms with E-state index in [4.69, 9.17) is 23.2 Å². The molecule has 0 fully saturated rings. The first-order valence-electron chi connectivity index (χ1n) is 6.25. The van der Waals surface area contributed by atoms with Crippen LogP contribution in [-0.2, 0) is 0 Å². The molecular formula is C13H12Cl2N4O3. The van der Waals surface area contributed by atoms with Crippen LogP contribution in [0.4, 0.5) is 17.2 Å². The minimum Gasteiger partial charge on any atom is -0.395 e. The van der Waals surface area contributed by atoms with Gasteiger partial charge in [0.05, 0.1) is 23.4 Å². The van der Waals surface area contributed by atoms with Crippen molar-refractivity contribution in [3.05, 3.63) is 50.4 Å². The predicted octanol–water partition coefficient (Wildman–Crippen LogP) is 3.13. The second kappa shape index (κ2) is 6.87. The van der Waals surface area contributed by atoms with Crippen LogP contribution < -0.4 is 4.90 Å². The van der Waals surface area contributed by atoms with Gasteiger partial charge >= 0.3 is 5.69 Å². The van der Waals surface area contributed by atoms with Gasteiger partial charge in [-0.2, -0.15) is 0 Å². The first-order valence-corrected chi connectivity index (χ1v) is 7.01. The van der Waals surface area contributed by atoms with E-state index in [1.54, 1.807) is 19.1 Å². The van der Waals surface area contributed by atoms with Crippen molar-refractivity contribution in [2.45, 2.75) is 6.92 Å². The fourth-order valence-corrected chi connectivity index (χ4v) is 2.36. The summed E-state index contributed by atoms with van der Waals surface area (Å²) < 4.78 is 0. The van der Waals surface area contributed by atoms with Crippen LogP contribution in [0.25, 0.3) is 0 Å². The Bertz CT molecular complexity index is 694. The van der Waals surface area contributed by atoms with E-state index in [9.17, 15) is 15.2 Å². The molecule has 0 aliphatic rings. The van der Waals surface area contributed by atoms with E-state index in [2.05, 4.69) is 9.97 Å². The molecule has 2 rings (SSSR count). The van der Waals surface area contributed by atoms with Crippen molar-refractivity contribution in [2.24, 2.45) is 0 Å². The highest BCUT2D eigenvalue weighted by atomic mass is 35.5. The first kappa shape index (κ1) is 16.4. The molecule has 0 radical (unpaired) electrons. The summed E-state index contributed by atoms with van der Waals surface area (Å²) in [6.07, 6.45) is 1.44. The number of nitro groups is 1. The molecule has 0 amide bonds. The number of rotatable bonds is 5. The van der Waals surface area contributed by atoms with E-state index in [-0.39, 0.29) is 35.0 Å². The van der Waals surface area contributed by atoms with Gasteiger partial charge in [0.1, 0.15) is 10.3 Å². The van der Waals surface area contributed by atoms with Crippen LogP contribution in [0.3, 0.4) is 0 Å². The Kier molecular flexibility index (Phi) is 5.12. The summed E-state index contributed by atoms with van der Waals surface area (Å²) in [6, 6.07) is 4.59. The molecule has 0 bridgehead atoms. The summed E-state index contributed by atoms with van der Waals surface area (Å²) in [6.45, 7) is 1.44. The minimum absolute atomic E-state index is 0.0492. The van der Waals surface area contributed by atoms with E-state index in [1.807, 2.05) is 0 Å². The van der Waals surface area contributed by atoms with Crippen molar-refractivity contribution in [3.8, 4) is 0 Å². The topological polar surface area (TPSA) is 92.4 Å². The third-order valence-corrected chi connectivity index (χ3v) is 3.34. The fraction of sp³-hybridized carbons (Fsp3) is 0.231. The van der Waals surface area contributed by atoms with Crippen molar-refractivity contribution < 1.29 is 10.0 Å². The smallest absolute Gasteiger partial charge is 0.314 e. The van der Waals surface area contributed by atoms with Crippen LogP contribution in [0.1, 0.15) is 5.56 Å². The molecule has 0 atom stereocenters. The van der Waals surface area contributed by atoms with Gasteiger partial charge in [-0.15, -0.1) is 0 Å². The minimum atomic E-state index is -0.526. The molecule has 0 saturated carbocycles. The molecule has 0 unspecified atom stereocenters. The highest BCUT2D eigenvalue weighted by Crippen LogP contribution is 2.35. The Hall–Kier alpha value is -1.96. The number of nitrogens with zero attached hydrogens (tertiary/aromatic N) is 4. The van der Waals surface area contributed by atoms with E-state index in [0.29, 0.717) is 11.3 Å². The van der Waals surface area contributed by atoms with Crippen molar-refractivity contribution in [2.75, 3.05) is 18.1 Å². The zero-order valence-corrected chi connectivity index (χ0v) is 13.0. The molecule has 7 nitrogen and oxygen atoms in total. The molecule has 9 heteroatoms. The lowest BCUT2D eigenvalue weighted by Gasteiger charge is -2.23. The van der Waals surface area contributed by atoms with Crippen LogP contribution in [0, 0.1) is 17.0 Å². The number of aliphatic hydroxyl groups is 1. The average molecular weight is 343 g/mol. The van der Waals surface area contributed by atoms with Crippen LogP contribution in [0.5, 0.6) is 0 Å². The average Bonchev–Trinajstić information content (AvgIpc) is 2.44. The second-order valence-corrected chi connectivity index (χ2v) is 5.18. The summed E-state index contributed by atoms with van der Waals surface area (Å²) in [5.74, 6) is 0.0492. The molecule has 0 saturated heterocycles. The van der Waals surface area contributed by atoms with Gasteiger partial charge in [-0.05, 0) is 25.1 Å². The molecule has 1 N–H and O–H groups in total. The number of pyridine rings is 2. The molecule has 0 aliphatic heterocycles. The highest BCUT2D eigenvalue weighted by molar-refractivity contribution is 6.29. The lowest BCUT2D eigenvalue weighted by Crippen LogP contribution is -2.23. The number of hydrogen-bond acceptors (Lipinski definition) is 6. The van der Waals surface area contributed by atoms with Crippen molar-refractivity contribution >= 4 is 40.4 Å². The molecule has 0 aliphatic carbocycles. The molecule has 0 spiro atoms. The van der Waals surface area contributed by atoms with Gasteiger partial charge in [0.2, 0.25) is 5.82 Å². The number of aliphatic hydroxyl groups excluding tert-OH is 1. The summed E-state index contributed by atoms with van der Waals surface area (Å²) in [7, 11) is 0. The van der Waals surface area contributed by atoms with Crippen LogP contribution in [0.15, 0.2) is 24.4 Å². The maximum atomic E-state index is 11.3. The Morgan fingerprint density at radius 2 is 2.09 bits per heavy atom. The normalized spacial score (nSPS) is 10.5. The van der Waals surface area contributed by atoms with Crippen LogP contribution in [0.2, 0.25) is 10.3 Å². The molecular weight excluding hydrogens is 331 g/mol. The van der Waals surface area contributed by atoms with Gasteiger partial charge < -0.3 is 10.0 Å². The maximum Gasteiger partial charge on any atom is 0.314 e. The van der Waals surface area contributed by atoms with Crippen molar-refractivity contribution in [1.82, 2.24) is 9.97 Å². The molecule has 2 aromatic heterocycles. The fourth-order valence-electron chi connectivity index (χ4n) is 2.01. The zero-order chi connectivity index (χ0) is 16.3. The Labute approximate surface area is 136 Å². The van der Waals surface area contributed by atoms with Gasteiger partial charge in [-0.3, -0.25) is 10.1 Å². The van der Waals surface area contributed by atoms with Crippen LogP contribution in [-0.4, -0.2) is 33.1 Å². The predicted molar refractivity (Wildman–Crippen MR) is 84.0 cm³/mol. The third kappa shape index (κ3) is 3.44. The quantitative estimate of drug-likeness (QED) is 0.509. The summed E-state index contributed by atoms with van der Waals surface area (Å²) >= 11 is 11.7. The van der Waals surface area contributed by atoms with Gasteiger partial charge in [-0.1, -0.05) is 23.2 Å². The van der Waals surface area contributed by atoms with Crippen molar-refractivity contribution in [3.63, 3.8) is 0 Å². The second-order valence-electron chi connectivity index (χ2n) is 4.41. The van der Waals surface area contributed by atoms with E-state index in [0.717, 1.165) is 0 Å². The molecule has 116 valence electrons. The number of hydrogen-bond donors (Lipinski definition) is 1. The highest BCUT2D eigenvalue weighted by Gasteiger charge is 2.26. The molecule has 0 aromatic carbocycles. The number of halogens is 2. The maximum absolute atomic E-state index is 11.3. The summed E-state index contributed by atoms with van der Waals surface area (Å²) in [5.41, 5.74) is 0.716. The Morgan fingerprint density at radius 3 is 2.64 bits per heavy atom. The largest absolute Gasteiger partial charge is 0.395 e. The number of anilines is 2. The van der Waals surface area contributed by atoms with Gasteiger partial charge in [0, 0.05) is 12.1 Å². The van der Waals surface area contributed by atoms with Gasteiger partial charge in [-0.25, -0.2) is 9.97 Å². The lowest BCUT2D eigenvalue weighted by atomic mass is 10.2. The monoisotopic (exact) mass is 342 g/mol. The summed E-state index contributed by atoms with van der Waals surface area (Å²) in [5, 5.41) is 21.0. The standard InChI is InChI=1S/C13H12Cl2N4O3/c1-8-6-11(15)17-13(12(8)19(21)22)18(4-5-20)9-2-3-10(14)16-7-9/h2-3,6-7,20H,4-5H2,1H3. The molecule has 2 heterocycles. The van der Waals surface area contributed by atoms with Crippen LogP contribution >= 0.6 is 23.2 Å². The Morgan fingerprint density at radius 1 is 1.36 bits per heavy atom. The SMILES string of the molecule is Cc1cc(Cl)nc(N(CCO)c2ccc(Cl)nc2)c1[N+](=O)[O-]. The lowest BCUT2D eigenvalue weighted by molar-refractivity contribution is -0.384. The van der Waals surface area contributed by atoms with Crippen molar-refractivity contribution in [1.29, 1.82) is 0 Å².